The van der Waals surface area contributed by atoms with Gasteiger partial charge in [-0.2, -0.15) is 0 Å². The normalized spacial score (nSPS) is 16.2. The van der Waals surface area contributed by atoms with E-state index in [4.69, 9.17) is 16.3 Å². The molecule has 27 heavy (non-hydrogen) atoms. The van der Waals surface area contributed by atoms with Crippen LogP contribution in [-0.2, 0) is 14.3 Å². The van der Waals surface area contributed by atoms with Crippen molar-refractivity contribution in [1.29, 1.82) is 0 Å². The molecule has 3 rings (SSSR count). The molecule has 0 fully saturated rings. The average molecular weight is 391 g/mol. The molecule has 0 radical (unpaired) electrons. The number of esters is 1. The second-order valence-corrected chi connectivity index (χ2v) is 6.52. The SMILES string of the molecule is CC1CC(=O)Nc2ccccc2N1C(=O)COC(=O)c1ccc(Cl)cc1F. The molecule has 1 unspecified atom stereocenters. The summed E-state index contributed by atoms with van der Waals surface area (Å²) in [6.07, 6.45) is 0.0974. The molecule has 0 bridgehead atoms. The molecule has 0 aliphatic carbocycles. The molecule has 6 nitrogen and oxygen atoms in total. The van der Waals surface area contributed by atoms with Gasteiger partial charge in [-0.05, 0) is 37.3 Å². The number of para-hydroxylation sites is 2. The van der Waals surface area contributed by atoms with Gasteiger partial charge < -0.3 is 15.0 Å². The highest BCUT2D eigenvalue weighted by Gasteiger charge is 2.30. The van der Waals surface area contributed by atoms with Crippen molar-refractivity contribution in [1.82, 2.24) is 0 Å². The topological polar surface area (TPSA) is 75.7 Å². The summed E-state index contributed by atoms with van der Waals surface area (Å²) in [5, 5.41) is 2.88. The summed E-state index contributed by atoms with van der Waals surface area (Å²) in [7, 11) is 0. The van der Waals surface area contributed by atoms with Gasteiger partial charge in [-0.25, -0.2) is 9.18 Å². The van der Waals surface area contributed by atoms with E-state index in [9.17, 15) is 18.8 Å². The molecule has 1 atom stereocenters. The first-order valence-corrected chi connectivity index (χ1v) is 8.57. The molecule has 0 aromatic heterocycles. The maximum Gasteiger partial charge on any atom is 0.341 e. The fourth-order valence-electron chi connectivity index (χ4n) is 2.90. The number of ether oxygens (including phenoxy) is 1. The van der Waals surface area contributed by atoms with Crippen molar-refractivity contribution in [3.63, 3.8) is 0 Å². The van der Waals surface area contributed by atoms with Crippen molar-refractivity contribution in [2.75, 3.05) is 16.8 Å². The van der Waals surface area contributed by atoms with Crippen LogP contribution < -0.4 is 10.2 Å². The summed E-state index contributed by atoms with van der Waals surface area (Å²) in [5.74, 6) is -2.54. The molecular formula is C19H16ClFN2O4. The minimum Gasteiger partial charge on any atom is -0.452 e. The van der Waals surface area contributed by atoms with E-state index >= 15 is 0 Å². The number of nitrogens with one attached hydrogen (secondary N) is 1. The Morgan fingerprint density at radius 3 is 2.78 bits per heavy atom. The lowest BCUT2D eigenvalue weighted by atomic mass is 10.1. The predicted octanol–water partition coefficient (Wildman–Crippen LogP) is 3.40. The van der Waals surface area contributed by atoms with Crippen molar-refractivity contribution in [2.45, 2.75) is 19.4 Å². The van der Waals surface area contributed by atoms with Crippen molar-refractivity contribution in [2.24, 2.45) is 0 Å². The van der Waals surface area contributed by atoms with Crippen molar-refractivity contribution in [3.8, 4) is 0 Å². The van der Waals surface area contributed by atoms with Crippen molar-refractivity contribution in [3.05, 3.63) is 58.9 Å². The maximum atomic E-state index is 13.8. The number of nitrogens with zero attached hydrogens (tertiary/aromatic N) is 1. The molecule has 1 N–H and O–H groups in total. The van der Waals surface area contributed by atoms with E-state index in [-0.39, 0.29) is 22.9 Å². The third kappa shape index (κ3) is 4.09. The number of carbonyl (C=O) groups excluding carboxylic acids is 3. The number of hydrogen-bond donors (Lipinski definition) is 1. The number of rotatable bonds is 3. The van der Waals surface area contributed by atoms with E-state index in [1.165, 1.54) is 17.0 Å². The smallest absolute Gasteiger partial charge is 0.341 e. The van der Waals surface area contributed by atoms with Crippen LogP contribution in [-0.4, -0.2) is 30.4 Å². The van der Waals surface area contributed by atoms with Crippen LogP contribution in [0.1, 0.15) is 23.7 Å². The minimum atomic E-state index is -0.970. The highest BCUT2D eigenvalue weighted by atomic mass is 35.5. The fourth-order valence-corrected chi connectivity index (χ4v) is 3.06. The highest BCUT2D eigenvalue weighted by molar-refractivity contribution is 6.30. The maximum absolute atomic E-state index is 13.8. The van der Waals surface area contributed by atoms with Crippen LogP contribution in [0.2, 0.25) is 5.02 Å². The van der Waals surface area contributed by atoms with Gasteiger partial charge in [0.05, 0.1) is 16.9 Å². The molecule has 0 spiro atoms. The number of hydrogen-bond acceptors (Lipinski definition) is 4. The van der Waals surface area contributed by atoms with Crippen LogP contribution in [0, 0.1) is 5.82 Å². The lowest BCUT2D eigenvalue weighted by molar-refractivity contribution is -0.122. The van der Waals surface area contributed by atoms with Crippen LogP contribution in [0.25, 0.3) is 0 Å². The summed E-state index contributed by atoms with van der Waals surface area (Å²) in [6, 6.07) is 9.94. The largest absolute Gasteiger partial charge is 0.452 e. The first-order valence-electron chi connectivity index (χ1n) is 8.20. The molecule has 0 saturated heterocycles. The Labute approximate surface area is 159 Å². The number of anilines is 2. The first-order chi connectivity index (χ1) is 12.9. The number of fused-ring (bicyclic) bond motifs is 1. The van der Waals surface area contributed by atoms with Crippen molar-refractivity contribution >= 4 is 40.8 Å². The van der Waals surface area contributed by atoms with Gasteiger partial charge in [-0.1, -0.05) is 23.7 Å². The fraction of sp³-hybridized carbons (Fsp3) is 0.211. The third-order valence-electron chi connectivity index (χ3n) is 4.11. The van der Waals surface area contributed by atoms with Crippen LogP contribution in [0.15, 0.2) is 42.5 Å². The quantitative estimate of drug-likeness (QED) is 0.815. The van der Waals surface area contributed by atoms with Gasteiger partial charge >= 0.3 is 5.97 Å². The Morgan fingerprint density at radius 1 is 1.30 bits per heavy atom. The summed E-state index contributed by atoms with van der Waals surface area (Å²) >= 11 is 5.66. The zero-order valence-corrected chi connectivity index (χ0v) is 15.1. The van der Waals surface area contributed by atoms with E-state index in [0.717, 1.165) is 6.07 Å². The van der Waals surface area contributed by atoms with E-state index in [0.29, 0.717) is 11.4 Å². The van der Waals surface area contributed by atoms with Crippen LogP contribution in [0.5, 0.6) is 0 Å². The second kappa shape index (κ2) is 7.75. The third-order valence-corrected chi connectivity index (χ3v) is 4.34. The lowest BCUT2D eigenvalue weighted by Crippen LogP contribution is -2.41. The van der Waals surface area contributed by atoms with Gasteiger partial charge in [0, 0.05) is 17.5 Å². The van der Waals surface area contributed by atoms with Gasteiger partial charge in [0.2, 0.25) is 5.91 Å². The summed E-state index contributed by atoms with van der Waals surface area (Å²) in [5.41, 5.74) is 0.693. The van der Waals surface area contributed by atoms with Crippen LogP contribution in [0.3, 0.4) is 0 Å². The van der Waals surface area contributed by atoms with E-state index < -0.39 is 30.3 Å². The Kier molecular flexibility index (Phi) is 5.41. The molecule has 1 aliphatic heterocycles. The van der Waals surface area contributed by atoms with Crippen molar-refractivity contribution < 1.29 is 23.5 Å². The van der Waals surface area contributed by atoms with E-state index in [2.05, 4.69) is 5.32 Å². The lowest BCUT2D eigenvalue weighted by Gasteiger charge is -2.27. The molecule has 140 valence electrons. The van der Waals surface area contributed by atoms with Crippen LogP contribution >= 0.6 is 11.6 Å². The van der Waals surface area contributed by atoms with Gasteiger partial charge in [0.1, 0.15) is 5.82 Å². The van der Waals surface area contributed by atoms with E-state index in [1.807, 2.05) is 0 Å². The van der Waals surface area contributed by atoms with E-state index in [1.54, 1.807) is 31.2 Å². The minimum absolute atomic E-state index is 0.0974. The zero-order chi connectivity index (χ0) is 19.6. The van der Waals surface area contributed by atoms with Gasteiger partial charge in [-0.3, -0.25) is 9.59 Å². The molecule has 1 aliphatic rings. The Hall–Kier alpha value is -2.93. The predicted molar refractivity (Wildman–Crippen MR) is 98.3 cm³/mol. The summed E-state index contributed by atoms with van der Waals surface area (Å²) in [4.78, 5) is 38.1. The number of benzene rings is 2. The molecule has 8 heteroatoms. The molecule has 0 saturated carbocycles. The number of amides is 2. The monoisotopic (exact) mass is 390 g/mol. The zero-order valence-electron chi connectivity index (χ0n) is 14.4. The standard InChI is InChI=1S/C19H16ClFN2O4/c1-11-8-17(24)22-15-4-2-3-5-16(15)23(11)18(25)10-27-19(26)13-7-6-12(20)9-14(13)21/h2-7,9,11H,8,10H2,1H3,(H,22,24). The summed E-state index contributed by atoms with van der Waals surface area (Å²) in [6.45, 7) is 1.13. The van der Waals surface area contributed by atoms with Gasteiger partial charge in [0.15, 0.2) is 6.61 Å². The average Bonchev–Trinajstić information content (AvgIpc) is 2.73. The molecular weight excluding hydrogens is 375 g/mol. The first kappa shape index (κ1) is 18.8. The number of carbonyl (C=O) groups is 3. The number of halogens is 2. The van der Waals surface area contributed by atoms with Gasteiger partial charge in [0.25, 0.3) is 5.91 Å². The molecule has 1 heterocycles. The second-order valence-electron chi connectivity index (χ2n) is 6.08. The molecule has 2 amide bonds. The Bertz CT molecular complexity index is 918. The summed E-state index contributed by atoms with van der Waals surface area (Å²) < 4.78 is 18.8. The van der Waals surface area contributed by atoms with Gasteiger partial charge in [-0.15, -0.1) is 0 Å². The van der Waals surface area contributed by atoms with Crippen LogP contribution in [0.4, 0.5) is 15.8 Å². The highest BCUT2D eigenvalue weighted by Crippen LogP contribution is 2.31. The Balaban J connectivity index is 1.77. The molecule has 2 aromatic carbocycles. The molecule has 2 aromatic rings. The Morgan fingerprint density at radius 2 is 2.04 bits per heavy atom.